The lowest BCUT2D eigenvalue weighted by atomic mass is 10.3. The van der Waals surface area contributed by atoms with Crippen LogP contribution in [0.25, 0.3) is 5.78 Å². The Morgan fingerprint density at radius 1 is 1.47 bits per heavy atom. The van der Waals surface area contributed by atoms with Gasteiger partial charge in [-0.15, -0.1) is 10.2 Å². The number of nitrogens with one attached hydrogen (secondary N) is 1. The van der Waals surface area contributed by atoms with Crippen molar-refractivity contribution >= 4 is 23.4 Å². The molecule has 0 aliphatic rings. The number of fused-ring (bicyclic) bond motifs is 1. The van der Waals surface area contributed by atoms with E-state index in [1.807, 2.05) is 0 Å². The van der Waals surface area contributed by atoms with Crippen molar-refractivity contribution in [2.45, 2.75) is 31.3 Å². The molecule has 0 aromatic carbocycles. The van der Waals surface area contributed by atoms with Crippen LogP contribution in [0.4, 0.5) is 5.82 Å². The second kappa shape index (κ2) is 5.22. The summed E-state index contributed by atoms with van der Waals surface area (Å²) in [4.78, 5) is 13.8. The van der Waals surface area contributed by atoms with Gasteiger partial charge in [0.15, 0.2) is 5.16 Å². The highest BCUT2D eigenvalue weighted by molar-refractivity contribution is 7.99. The highest BCUT2D eigenvalue weighted by Crippen LogP contribution is 2.19. The van der Waals surface area contributed by atoms with Gasteiger partial charge in [-0.05, 0) is 6.42 Å². The molecule has 3 N–H and O–H groups in total. The van der Waals surface area contributed by atoms with Crippen molar-refractivity contribution in [1.29, 1.82) is 0 Å². The van der Waals surface area contributed by atoms with Crippen LogP contribution in [0.2, 0.25) is 0 Å². The number of anilines is 1. The first kappa shape index (κ1) is 12.0. The Bertz CT molecular complexity index is 561. The summed E-state index contributed by atoms with van der Waals surface area (Å²) >= 11 is 1.60. The van der Waals surface area contributed by atoms with Gasteiger partial charge in [-0.25, -0.2) is 4.40 Å². The normalized spacial score (nSPS) is 11.1. The first-order valence-electron chi connectivity index (χ1n) is 5.59. The summed E-state index contributed by atoms with van der Waals surface area (Å²) in [6.07, 6.45) is 3.53. The molecule has 0 aliphatic carbocycles. The zero-order valence-corrected chi connectivity index (χ0v) is 10.5. The molecule has 6 nitrogen and oxygen atoms in total. The van der Waals surface area contributed by atoms with E-state index in [1.165, 1.54) is 18.9 Å². The molecule has 2 heterocycles. The zero-order chi connectivity index (χ0) is 12.3. The number of thioether (sulfide) groups is 1. The molecule has 0 spiro atoms. The smallest absolute Gasteiger partial charge is 0.254 e. The van der Waals surface area contributed by atoms with E-state index >= 15 is 0 Å². The first-order chi connectivity index (χ1) is 8.22. The fourth-order valence-corrected chi connectivity index (χ4v) is 2.49. The van der Waals surface area contributed by atoms with Gasteiger partial charge < -0.3 is 5.73 Å². The Labute approximate surface area is 103 Å². The number of hydrogen-bond donors (Lipinski definition) is 2. The van der Waals surface area contributed by atoms with E-state index in [1.54, 1.807) is 16.2 Å². The first-order valence-corrected chi connectivity index (χ1v) is 6.57. The standard InChI is InChI=1S/C10H15N5OS/c1-2-3-4-5-17-10-14-13-9-12-8(16)6-7(11)15(9)10/h6H,2-5,11H2,1H3,(H,12,13,16). The zero-order valence-electron chi connectivity index (χ0n) is 9.64. The van der Waals surface area contributed by atoms with Crippen LogP contribution in [-0.4, -0.2) is 25.3 Å². The van der Waals surface area contributed by atoms with Gasteiger partial charge in [-0.1, -0.05) is 31.5 Å². The number of rotatable bonds is 5. The summed E-state index contributed by atoms with van der Waals surface area (Å²) in [7, 11) is 0. The van der Waals surface area contributed by atoms with Crippen molar-refractivity contribution in [3.8, 4) is 0 Å². The molecule has 0 amide bonds. The van der Waals surface area contributed by atoms with Gasteiger partial charge in [0.25, 0.3) is 5.56 Å². The topological polar surface area (TPSA) is 89.1 Å². The van der Waals surface area contributed by atoms with E-state index < -0.39 is 0 Å². The molecule has 92 valence electrons. The number of aromatic nitrogens is 4. The minimum atomic E-state index is -0.259. The Balaban J connectivity index is 2.21. The fraction of sp³-hybridized carbons (Fsp3) is 0.500. The van der Waals surface area contributed by atoms with Gasteiger partial charge in [-0.2, -0.15) is 0 Å². The Morgan fingerprint density at radius 2 is 2.29 bits per heavy atom. The molecule has 2 rings (SSSR count). The minimum absolute atomic E-state index is 0.259. The molecule has 0 aliphatic heterocycles. The van der Waals surface area contributed by atoms with Gasteiger partial charge in [-0.3, -0.25) is 9.78 Å². The molecule has 0 unspecified atom stereocenters. The van der Waals surface area contributed by atoms with Crippen molar-refractivity contribution < 1.29 is 0 Å². The van der Waals surface area contributed by atoms with Gasteiger partial charge in [0.2, 0.25) is 5.78 Å². The van der Waals surface area contributed by atoms with E-state index in [4.69, 9.17) is 5.73 Å². The summed E-state index contributed by atoms with van der Waals surface area (Å²) < 4.78 is 1.66. The number of nitrogens with two attached hydrogens (primary N) is 1. The van der Waals surface area contributed by atoms with E-state index in [9.17, 15) is 4.79 Å². The number of unbranched alkanes of at least 4 members (excludes halogenated alkanes) is 2. The molecule has 0 atom stereocenters. The Morgan fingerprint density at radius 3 is 3.06 bits per heavy atom. The van der Waals surface area contributed by atoms with Crippen LogP contribution in [0, 0.1) is 0 Å². The molecule has 0 radical (unpaired) electrons. The lowest BCUT2D eigenvalue weighted by Crippen LogP contribution is -2.11. The number of nitrogen functional groups attached to an aromatic ring is 1. The molecular weight excluding hydrogens is 238 g/mol. The van der Waals surface area contributed by atoms with E-state index in [-0.39, 0.29) is 5.56 Å². The van der Waals surface area contributed by atoms with Crippen LogP contribution in [0.1, 0.15) is 26.2 Å². The van der Waals surface area contributed by atoms with Gasteiger partial charge >= 0.3 is 0 Å². The molecule has 17 heavy (non-hydrogen) atoms. The van der Waals surface area contributed by atoms with Crippen LogP contribution in [0.15, 0.2) is 16.0 Å². The molecule has 0 bridgehead atoms. The van der Waals surface area contributed by atoms with Crippen LogP contribution in [-0.2, 0) is 0 Å². The summed E-state index contributed by atoms with van der Waals surface area (Å²) in [5.41, 5.74) is 5.52. The molecular formula is C10H15N5OS. The Hall–Kier alpha value is -1.50. The third-order valence-electron chi connectivity index (χ3n) is 2.38. The number of hydrogen-bond acceptors (Lipinski definition) is 5. The minimum Gasteiger partial charge on any atom is -0.385 e. The maximum Gasteiger partial charge on any atom is 0.254 e. The van der Waals surface area contributed by atoms with Crippen molar-refractivity contribution in [3.63, 3.8) is 0 Å². The lowest BCUT2D eigenvalue weighted by molar-refractivity contribution is 0.776. The maximum absolute atomic E-state index is 11.2. The van der Waals surface area contributed by atoms with Crippen molar-refractivity contribution in [1.82, 2.24) is 19.6 Å². The van der Waals surface area contributed by atoms with Crippen LogP contribution < -0.4 is 11.3 Å². The fourth-order valence-electron chi connectivity index (χ4n) is 1.54. The predicted octanol–water partition coefficient (Wildman–Crippen LogP) is 1.28. The third-order valence-corrected chi connectivity index (χ3v) is 3.40. The third kappa shape index (κ3) is 2.60. The SMILES string of the molecule is CCCCCSc1nnc2[nH]c(=O)cc(N)n12. The largest absolute Gasteiger partial charge is 0.385 e. The molecule has 0 saturated heterocycles. The number of nitrogens with zero attached hydrogens (tertiary/aromatic N) is 3. The molecule has 2 aromatic rings. The van der Waals surface area contributed by atoms with Crippen LogP contribution in [0.3, 0.4) is 0 Å². The molecule has 7 heteroatoms. The van der Waals surface area contributed by atoms with E-state index in [2.05, 4.69) is 22.1 Å². The van der Waals surface area contributed by atoms with Gasteiger partial charge in [0, 0.05) is 11.8 Å². The second-order valence-corrected chi connectivity index (χ2v) is 4.82. The van der Waals surface area contributed by atoms with Crippen molar-refractivity contribution in [3.05, 3.63) is 16.4 Å². The Kier molecular flexibility index (Phi) is 3.68. The lowest BCUT2D eigenvalue weighted by Gasteiger charge is -2.01. The van der Waals surface area contributed by atoms with Crippen molar-refractivity contribution in [2.75, 3.05) is 11.5 Å². The van der Waals surface area contributed by atoms with E-state index in [0.29, 0.717) is 11.6 Å². The molecule has 0 saturated carbocycles. The summed E-state index contributed by atoms with van der Waals surface area (Å²) in [6, 6.07) is 1.34. The average molecular weight is 253 g/mol. The monoisotopic (exact) mass is 253 g/mol. The highest BCUT2D eigenvalue weighted by atomic mass is 32.2. The molecule has 0 fully saturated rings. The second-order valence-electron chi connectivity index (χ2n) is 3.76. The number of H-pyrrole nitrogens is 1. The average Bonchev–Trinajstić information content (AvgIpc) is 2.68. The predicted molar refractivity (Wildman–Crippen MR) is 68.3 cm³/mol. The summed E-state index contributed by atoms with van der Waals surface area (Å²) in [5.74, 6) is 1.74. The number of aromatic amines is 1. The van der Waals surface area contributed by atoms with Crippen LogP contribution in [0.5, 0.6) is 0 Å². The highest BCUT2D eigenvalue weighted by Gasteiger charge is 2.09. The van der Waals surface area contributed by atoms with Crippen molar-refractivity contribution in [2.24, 2.45) is 0 Å². The van der Waals surface area contributed by atoms with Gasteiger partial charge in [0.05, 0.1) is 0 Å². The maximum atomic E-state index is 11.2. The molecule has 2 aromatic heterocycles. The van der Waals surface area contributed by atoms with E-state index in [0.717, 1.165) is 17.3 Å². The summed E-state index contributed by atoms with van der Waals surface area (Å²) in [5, 5.41) is 8.64. The van der Waals surface area contributed by atoms with Crippen LogP contribution >= 0.6 is 11.8 Å². The summed E-state index contributed by atoms with van der Waals surface area (Å²) in [6.45, 7) is 2.17. The quantitative estimate of drug-likeness (QED) is 0.619. The van der Waals surface area contributed by atoms with Gasteiger partial charge in [0.1, 0.15) is 5.82 Å².